The Morgan fingerprint density at radius 1 is 1.53 bits per heavy atom. The molecular weight excluding hydrogens is 216 g/mol. The average Bonchev–Trinajstić information content (AvgIpc) is 2.28. The lowest BCUT2D eigenvalue weighted by Crippen LogP contribution is -2.43. The number of ether oxygens (including phenoxy) is 1. The number of aryl methyl sites for hydroxylation is 1. The van der Waals surface area contributed by atoms with E-state index in [-0.39, 0.29) is 6.04 Å². The second kappa shape index (κ2) is 5.42. The molecule has 5 heteroatoms. The lowest BCUT2D eigenvalue weighted by Gasteiger charge is -2.31. The summed E-state index contributed by atoms with van der Waals surface area (Å²) in [6, 6.07) is 2.25. The van der Waals surface area contributed by atoms with Crippen molar-refractivity contribution in [1.29, 1.82) is 0 Å². The maximum absolute atomic E-state index is 5.99. The van der Waals surface area contributed by atoms with Crippen molar-refractivity contribution in [3.63, 3.8) is 0 Å². The van der Waals surface area contributed by atoms with Crippen molar-refractivity contribution >= 4 is 5.82 Å². The molecule has 1 aliphatic rings. The van der Waals surface area contributed by atoms with Gasteiger partial charge in [-0.25, -0.2) is 9.97 Å². The van der Waals surface area contributed by atoms with Crippen LogP contribution in [0.15, 0.2) is 6.07 Å². The minimum absolute atomic E-state index is 0.255. The molecule has 0 radical (unpaired) electrons. The standard InChI is InChI=1S/C12H20N4O/c1-9-14-11(8-17-2)6-12(15-9)16-5-3-4-10(13)7-16/h6,10H,3-5,7-8,13H2,1-2H3/t10-/m0/s1. The molecule has 2 rings (SSSR count). The zero-order chi connectivity index (χ0) is 12.3. The number of aromatic nitrogens is 2. The van der Waals surface area contributed by atoms with E-state index in [1.54, 1.807) is 7.11 Å². The van der Waals surface area contributed by atoms with Crippen molar-refractivity contribution in [3.05, 3.63) is 17.6 Å². The van der Waals surface area contributed by atoms with Gasteiger partial charge < -0.3 is 15.4 Å². The Morgan fingerprint density at radius 2 is 2.35 bits per heavy atom. The second-order valence-electron chi connectivity index (χ2n) is 4.55. The van der Waals surface area contributed by atoms with Crippen molar-refractivity contribution in [2.75, 3.05) is 25.1 Å². The minimum Gasteiger partial charge on any atom is -0.378 e. The molecule has 1 aromatic heterocycles. The Morgan fingerprint density at radius 3 is 3.06 bits per heavy atom. The lowest BCUT2D eigenvalue weighted by molar-refractivity contribution is 0.181. The Bertz CT molecular complexity index is 383. The summed E-state index contributed by atoms with van der Waals surface area (Å²) in [5, 5.41) is 0. The predicted molar refractivity (Wildman–Crippen MR) is 66.9 cm³/mol. The number of hydrogen-bond donors (Lipinski definition) is 1. The smallest absolute Gasteiger partial charge is 0.132 e. The summed E-state index contributed by atoms with van der Waals surface area (Å²) in [6.45, 7) is 4.34. The normalized spacial score (nSPS) is 20.6. The Hall–Kier alpha value is -1.20. The molecule has 0 bridgehead atoms. The minimum atomic E-state index is 0.255. The van der Waals surface area contributed by atoms with Crippen LogP contribution in [0.2, 0.25) is 0 Å². The highest BCUT2D eigenvalue weighted by atomic mass is 16.5. The van der Waals surface area contributed by atoms with E-state index in [1.165, 1.54) is 0 Å². The fraction of sp³-hybridized carbons (Fsp3) is 0.667. The van der Waals surface area contributed by atoms with Gasteiger partial charge in [0.05, 0.1) is 12.3 Å². The van der Waals surface area contributed by atoms with Gasteiger partial charge in [0.25, 0.3) is 0 Å². The van der Waals surface area contributed by atoms with E-state index in [0.29, 0.717) is 6.61 Å². The molecule has 0 aromatic carbocycles. The number of hydrogen-bond acceptors (Lipinski definition) is 5. The van der Waals surface area contributed by atoms with Crippen molar-refractivity contribution in [1.82, 2.24) is 9.97 Å². The van der Waals surface area contributed by atoms with Gasteiger partial charge in [-0.15, -0.1) is 0 Å². The van der Waals surface area contributed by atoms with Crippen LogP contribution in [0, 0.1) is 6.92 Å². The van der Waals surface area contributed by atoms with Gasteiger partial charge in [0.15, 0.2) is 0 Å². The molecule has 1 saturated heterocycles. The van der Waals surface area contributed by atoms with E-state index in [9.17, 15) is 0 Å². The van der Waals surface area contributed by atoms with Gasteiger partial charge >= 0.3 is 0 Å². The molecular formula is C12H20N4O. The maximum Gasteiger partial charge on any atom is 0.132 e. The monoisotopic (exact) mass is 236 g/mol. The summed E-state index contributed by atoms with van der Waals surface area (Å²) in [5.41, 5.74) is 6.91. The van der Waals surface area contributed by atoms with Crippen LogP contribution >= 0.6 is 0 Å². The maximum atomic E-state index is 5.99. The third-order valence-electron chi connectivity index (χ3n) is 2.95. The zero-order valence-corrected chi connectivity index (χ0v) is 10.5. The fourth-order valence-electron chi connectivity index (χ4n) is 2.21. The molecule has 0 aliphatic carbocycles. The van der Waals surface area contributed by atoms with E-state index in [0.717, 1.165) is 43.3 Å². The largest absolute Gasteiger partial charge is 0.378 e. The zero-order valence-electron chi connectivity index (χ0n) is 10.5. The average molecular weight is 236 g/mol. The Kier molecular flexibility index (Phi) is 3.91. The van der Waals surface area contributed by atoms with Gasteiger partial charge in [-0.2, -0.15) is 0 Å². The summed E-state index contributed by atoms with van der Waals surface area (Å²) in [6.07, 6.45) is 2.23. The number of nitrogens with two attached hydrogens (primary N) is 1. The van der Waals surface area contributed by atoms with Crippen LogP contribution in [-0.2, 0) is 11.3 Å². The molecule has 0 saturated carbocycles. The molecule has 94 valence electrons. The first kappa shape index (κ1) is 12.3. The molecule has 2 heterocycles. The van der Waals surface area contributed by atoms with Gasteiger partial charge in [-0.05, 0) is 19.8 Å². The first-order valence-electron chi connectivity index (χ1n) is 6.03. The quantitative estimate of drug-likeness (QED) is 0.843. The Balaban J connectivity index is 2.18. The molecule has 17 heavy (non-hydrogen) atoms. The van der Waals surface area contributed by atoms with Crippen LogP contribution in [0.4, 0.5) is 5.82 Å². The van der Waals surface area contributed by atoms with Crippen LogP contribution in [0.3, 0.4) is 0 Å². The number of rotatable bonds is 3. The highest BCUT2D eigenvalue weighted by Crippen LogP contribution is 2.18. The summed E-state index contributed by atoms with van der Waals surface area (Å²) in [4.78, 5) is 11.1. The lowest BCUT2D eigenvalue weighted by atomic mass is 10.1. The number of anilines is 1. The summed E-state index contributed by atoms with van der Waals surface area (Å²) in [5.74, 6) is 1.76. The van der Waals surface area contributed by atoms with Gasteiger partial charge in [-0.3, -0.25) is 0 Å². The molecule has 1 aromatic rings. The molecule has 5 nitrogen and oxygen atoms in total. The topological polar surface area (TPSA) is 64.3 Å². The first-order valence-corrected chi connectivity index (χ1v) is 6.03. The van der Waals surface area contributed by atoms with Crippen LogP contribution < -0.4 is 10.6 Å². The number of piperidine rings is 1. The van der Waals surface area contributed by atoms with Gasteiger partial charge in [0, 0.05) is 32.3 Å². The summed E-state index contributed by atoms with van der Waals surface area (Å²) >= 11 is 0. The molecule has 1 aliphatic heterocycles. The molecule has 0 spiro atoms. The molecule has 1 fully saturated rings. The van der Waals surface area contributed by atoms with Gasteiger partial charge in [-0.1, -0.05) is 0 Å². The van der Waals surface area contributed by atoms with Crippen molar-refractivity contribution in [2.24, 2.45) is 5.73 Å². The summed E-state index contributed by atoms with van der Waals surface area (Å²) in [7, 11) is 1.67. The highest BCUT2D eigenvalue weighted by Gasteiger charge is 2.18. The predicted octanol–water partition coefficient (Wildman–Crippen LogP) is 0.859. The fourth-order valence-corrected chi connectivity index (χ4v) is 2.21. The van der Waals surface area contributed by atoms with E-state index in [4.69, 9.17) is 10.5 Å². The van der Waals surface area contributed by atoms with E-state index in [2.05, 4.69) is 14.9 Å². The van der Waals surface area contributed by atoms with Crippen LogP contribution in [0.25, 0.3) is 0 Å². The van der Waals surface area contributed by atoms with E-state index < -0.39 is 0 Å². The second-order valence-corrected chi connectivity index (χ2v) is 4.55. The number of nitrogens with zero attached hydrogens (tertiary/aromatic N) is 3. The molecule has 0 amide bonds. The van der Waals surface area contributed by atoms with Crippen LogP contribution in [0.5, 0.6) is 0 Å². The first-order chi connectivity index (χ1) is 8.19. The SMILES string of the molecule is COCc1cc(N2CCC[C@H](N)C2)nc(C)n1. The van der Waals surface area contributed by atoms with Gasteiger partial charge in [0.2, 0.25) is 0 Å². The van der Waals surface area contributed by atoms with Crippen molar-refractivity contribution < 1.29 is 4.74 Å². The van der Waals surface area contributed by atoms with E-state index in [1.807, 2.05) is 13.0 Å². The molecule has 0 unspecified atom stereocenters. The molecule has 2 N–H and O–H groups in total. The van der Waals surface area contributed by atoms with Crippen molar-refractivity contribution in [2.45, 2.75) is 32.4 Å². The van der Waals surface area contributed by atoms with Crippen molar-refractivity contribution in [3.8, 4) is 0 Å². The van der Waals surface area contributed by atoms with Gasteiger partial charge in [0.1, 0.15) is 11.6 Å². The Labute approximate surface area is 102 Å². The van der Waals surface area contributed by atoms with Crippen LogP contribution in [0.1, 0.15) is 24.4 Å². The van der Waals surface area contributed by atoms with Crippen LogP contribution in [-0.4, -0.2) is 36.2 Å². The third-order valence-corrected chi connectivity index (χ3v) is 2.95. The highest BCUT2D eigenvalue weighted by molar-refractivity contribution is 5.40. The number of methoxy groups -OCH3 is 1. The third kappa shape index (κ3) is 3.14. The van der Waals surface area contributed by atoms with E-state index >= 15 is 0 Å². The summed E-state index contributed by atoms with van der Waals surface area (Å²) < 4.78 is 5.11. The molecule has 1 atom stereocenters.